The molecule has 0 amide bonds. The van der Waals surface area contributed by atoms with Gasteiger partial charge in [0.1, 0.15) is 11.9 Å². The number of benzene rings is 3. The quantitative estimate of drug-likeness (QED) is 0.168. The van der Waals surface area contributed by atoms with Crippen LogP contribution in [0, 0.1) is 5.92 Å². The number of nitrogens with zero attached hydrogens (tertiary/aromatic N) is 1. The lowest BCUT2D eigenvalue weighted by molar-refractivity contribution is -0.137. The highest BCUT2D eigenvalue weighted by Crippen LogP contribution is 2.29. The van der Waals surface area contributed by atoms with E-state index in [0.29, 0.717) is 30.0 Å². The Bertz CT molecular complexity index is 1380. The zero-order chi connectivity index (χ0) is 27.8. The number of unbranched alkanes of at least 4 members (excludes halogenated alkanes) is 1. The number of rotatable bonds is 14. The summed E-state index contributed by atoms with van der Waals surface area (Å²) >= 11 is 0. The number of carbonyl (C=O) groups is 2. The molecule has 1 heterocycles. The molecule has 204 valence electrons. The maximum Gasteiger partial charge on any atom is 0.303 e. The lowest BCUT2D eigenvalue weighted by atomic mass is 9.98. The van der Waals surface area contributed by atoms with Crippen LogP contribution in [-0.2, 0) is 17.8 Å². The molecule has 39 heavy (non-hydrogen) atoms. The molecule has 1 unspecified atom stereocenters. The van der Waals surface area contributed by atoms with Crippen LogP contribution in [0.15, 0.2) is 79.0 Å². The molecule has 0 aliphatic heterocycles. The van der Waals surface area contributed by atoms with E-state index >= 15 is 0 Å². The number of fused-ring (bicyclic) bond motifs is 1. The number of aryl methyl sites for hydroxylation is 1. The maximum absolute atomic E-state index is 13.5. The number of hydrogen-bond acceptors (Lipinski definition) is 3. The Kier molecular flexibility index (Phi) is 9.59. The summed E-state index contributed by atoms with van der Waals surface area (Å²) in [7, 11) is 0. The van der Waals surface area contributed by atoms with Crippen LogP contribution in [0.25, 0.3) is 10.9 Å². The Morgan fingerprint density at radius 2 is 1.64 bits per heavy atom. The van der Waals surface area contributed by atoms with E-state index in [1.807, 2.05) is 59.3 Å². The average Bonchev–Trinajstić information content (AvgIpc) is 3.29. The molecule has 0 bridgehead atoms. The number of carboxylic acids is 1. The highest BCUT2D eigenvalue weighted by atomic mass is 16.5. The molecule has 4 aromatic rings. The number of carboxylic acid groups (broad SMARTS) is 1. The van der Waals surface area contributed by atoms with Crippen LogP contribution in [-0.4, -0.2) is 21.4 Å². The van der Waals surface area contributed by atoms with Gasteiger partial charge < -0.3 is 14.4 Å². The highest BCUT2D eigenvalue weighted by Gasteiger charge is 2.18. The van der Waals surface area contributed by atoms with E-state index in [9.17, 15) is 9.59 Å². The molecule has 0 fully saturated rings. The zero-order valence-corrected chi connectivity index (χ0v) is 23.2. The van der Waals surface area contributed by atoms with Crippen LogP contribution in [0.1, 0.15) is 86.0 Å². The fourth-order valence-electron chi connectivity index (χ4n) is 5.04. The summed E-state index contributed by atoms with van der Waals surface area (Å²) in [5.41, 5.74) is 4.67. The van der Waals surface area contributed by atoms with Gasteiger partial charge in [-0.1, -0.05) is 69.7 Å². The molecule has 0 saturated carbocycles. The Balaban J connectivity index is 1.51. The summed E-state index contributed by atoms with van der Waals surface area (Å²) in [6.07, 6.45) is 6.59. The number of carbonyl (C=O) groups excluding carboxylic acids is 1. The van der Waals surface area contributed by atoms with Gasteiger partial charge in [0.25, 0.3) is 0 Å². The molecule has 3 aromatic carbocycles. The third-order valence-electron chi connectivity index (χ3n) is 7.03. The normalized spacial score (nSPS) is 12.1. The van der Waals surface area contributed by atoms with Crippen molar-refractivity contribution in [2.45, 2.75) is 71.9 Å². The minimum atomic E-state index is -0.815. The van der Waals surface area contributed by atoms with E-state index < -0.39 is 5.97 Å². The van der Waals surface area contributed by atoms with Gasteiger partial charge in [0.2, 0.25) is 0 Å². The Morgan fingerprint density at radius 3 is 2.31 bits per heavy atom. The van der Waals surface area contributed by atoms with Gasteiger partial charge in [-0.3, -0.25) is 9.59 Å². The predicted octanol–water partition coefficient (Wildman–Crippen LogP) is 8.25. The van der Waals surface area contributed by atoms with Crippen molar-refractivity contribution in [2.75, 3.05) is 0 Å². The van der Waals surface area contributed by atoms with E-state index in [0.717, 1.165) is 42.3 Å². The van der Waals surface area contributed by atoms with Crippen molar-refractivity contribution >= 4 is 22.7 Å². The fraction of sp³-hybridized carbons (Fsp3) is 0.353. The second kappa shape index (κ2) is 13.3. The van der Waals surface area contributed by atoms with Crippen molar-refractivity contribution in [3.05, 3.63) is 101 Å². The SMILES string of the molecule is CCCCC(Oc1ccc(C(=O)c2cn(CCCC(=O)O)c3ccccc23)cc1)c1ccc(CC(C)C)cc1. The molecule has 1 N–H and O–H groups in total. The lowest BCUT2D eigenvalue weighted by Crippen LogP contribution is -2.08. The molecular weight excluding hydrogens is 486 g/mol. The summed E-state index contributed by atoms with van der Waals surface area (Å²) in [6.45, 7) is 7.20. The van der Waals surface area contributed by atoms with Crippen molar-refractivity contribution in [1.29, 1.82) is 0 Å². The molecular formula is C34H39NO4. The second-order valence-electron chi connectivity index (χ2n) is 10.7. The van der Waals surface area contributed by atoms with E-state index in [1.54, 1.807) is 0 Å². The van der Waals surface area contributed by atoms with Crippen LogP contribution >= 0.6 is 0 Å². The third-order valence-corrected chi connectivity index (χ3v) is 7.03. The van der Waals surface area contributed by atoms with Crippen LogP contribution < -0.4 is 4.74 Å². The smallest absolute Gasteiger partial charge is 0.303 e. The lowest BCUT2D eigenvalue weighted by Gasteiger charge is -2.20. The van der Waals surface area contributed by atoms with Crippen molar-refractivity contribution < 1.29 is 19.4 Å². The first kappa shape index (κ1) is 28.2. The Labute approximate surface area is 231 Å². The first-order chi connectivity index (χ1) is 18.9. The topological polar surface area (TPSA) is 68.5 Å². The van der Waals surface area contributed by atoms with E-state index in [-0.39, 0.29) is 18.3 Å². The van der Waals surface area contributed by atoms with Gasteiger partial charge >= 0.3 is 5.97 Å². The molecule has 0 radical (unpaired) electrons. The van der Waals surface area contributed by atoms with Crippen molar-refractivity contribution in [3.8, 4) is 5.75 Å². The van der Waals surface area contributed by atoms with Crippen molar-refractivity contribution in [2.24, 2.45) is 5.92 Å². The number of hydrogen-bond donors (Lipinski definition) is 1. The molecule has 0 spiro atoms. The molecule has 0 aliphatic carbocycles. The number of ether oxygens (including phenoxy) is 1. The minimum absolute atomic E-state index is 0.0385. The van der Waals surface area contributed by atoms with E-state index in [1.165, 1.54) is 11.1 Å². The number of aromatic nitrogens is 1. The third kappa shape index (κ3) is 7.38. The monoisotopic (exact) mass is 525 g/mol. The molecule has 1 aromatic heterocycles. The first-order valence-electron chi connectivity index (χ1n) is 14.1. The average molecular weight is 526 g/mol. The Morgan fingerprint density at radius 1 is 0.923 bits per heavy atom. The van der Waals surface area contributed by atoms with Crippen LogP contribution in [0.4, 0.5) is 0 Å². The molecule has 0 aliphatic rings. The molecule has 1 atom stereocenters. The predicted molar refractivity (Wildman–Crippen MR) is 157 cm³/mol. The van der Waals surface area contributed by atoms with Gasteiger partial charge in [0, 0.05) is 41.2 Å². The van der Waals surface area contributed by atoms with Gasteiger partial charge in [0.05, 0.1) is 0 Å². The van der Waals surface area contributed by atoms with E-state index in [4.69, 9.17) is 9.84 Å². The summed E-state index contributed by atoms with van der Waals surface area (Å²) < 4.78 is 8.42. The Hall–Kier alpha value is -3.86. The summed E-state index contributed by atoms with van der Waals surface area (Å²) in [6, 6.07) is 24.0. The molecule has 4 rings (SSSR count). The maximum atomic E-state index is 13.5. The summed E-state index contributed by atoms with van der Waals surface area (Å²) in [5.74, 6) is 0.496. The van der Waals surface area contributed by atoms with Crippen LogP contribution in [0.5, 0.6) is 5.75 Å². The zero-order valence-electron chi connectivity index (χ0n) is 23.2. The number of ketones is 1. The largest absolute Gasteiger partial charge is 0.486 e. The molecule has 5 heteroatoms. The number of para-hydroxylation sites is 1. The minimum Gasteiger partial charge on any atom is -0.486 e. The van der Waals surface area contributed by atoms with Gasteiger partial charge in [-0.25, -0.2) is 0 Å². The first-order valence-corrected chi connectivity index (χ1v) is 14.1. The summed E-state index contributed by atoms with van der Waals surface area (Å²) in [4.78, 5) is 24.5. The highest BCUT2D eigenvalue weighted by molar-refractivity contribution is 6.16. The standard InChI is InChI=1S/C34H39NO4/c1-4-5-11-32(26-15-13-25(14-16-26)22-24(2)3)39-28-19-17-27(18-20-28)34(38)30-23-35(21-8-12-33(36)37)31-10-7-6-9-29(30)31/h6-7,9-10,13-20,23-24,32H,4-5,8,11-12,21-22H2,1-3H3,(H,36,37). The fourth-order valence-corrected chi connectivity index (χ4v) is 5.04. The van der Waals surface area contributed by atoms with Crippen LogP contribution in [0.3, 0.4) is 0 Å². The van der Waals surface area contributed by atoms with Crippen molar-refractivity contribution in [1.82, 2.24) is 4.57 Å². The van der Waals surface area contributed by atoms with Crippen LogP contribution in [0.2, 0.25) is 0 Å². The summed E-state index contributed by atoms with van der Waals surface area (Å²) in [5, 5.41) is 9.87. The van der Waals surface area contributed by atoms with E-state index in [2.05, 4.69) is 45.0 Å². The van der Waals surface area contributed by atoms with Gasteiger partial charge in [-0.05, 0) is 73.1 Å². The molecule has 0 saturated heterocycles. The second-order valence-corrected chi connectivity index (χ2v) is 10.7. The van der Waals surface area contributed by atoms with Gasteiger partial charge in [-0.15, -0.1) is 0 Å². The van der Waals surface area contributed by atoms with Crippen molar-refractivity contribution in [3.63, 3.8) is 0 Å². The number of aliphatic carboxylic acids is 1. The van der Waals surface area contributed by atoms with Gasteiger partial charge in [-0.2, -0.15) is 0 Å². The van der Waals surface area contributed by atoms with Gasteiger partial charge in [0.15, 0.2) is 5.78 Å². The molecule has 5 nitrogen and oxygen atoms in total.